The number of hydrogen-bond acceptors (Lipinski definition) is 6. The lowest BCUT2D eigenvalue weighted by molar-refractivity contribution is 1.22. The van der Waals surface area contributed by atoms with Crippen LogP contribution in [-0.2, 0) is 0 Å². The maximum atomic E-state index is 4.15. The van der Waals surface area contributed by atoms with E-state index in [0.29, 0.717) is 0 Å². The van der Waals surface area contributed by atoms with Gasteiger partial charge in [0.25, 0.3) is 0 Å². The quantitative estimate of drug-likeness (QED) is 0.203. The largest absolute Gasteiger partial charge is 0.310 e. The first-order chi connectivity index (χ1) is 20.8. The van der Waals surface area contributed by atoms with Crippen molar-refractivity contribution in [1.29, 1.82) is 0 Å². The zero-order chi connectivity index (χ0) is 28.4. The lowest BCUT2D eigenvalue weighted by Gasteiger charge is -2.25. The van der Waals surface area contributed by atoms with Crippen LogP contribution >= 0.6 is 0 Å². The first-order valence-electron chi connectivity index (χ1n) is 13.3. The molecule has 42 heavy (non-hydrogen) atoms. The van der Waals surface area contributed by atoms with E-state index in [9.17, 15) is 0 Å². The molecule has 0 spiro atoms. The summed E-state index contributed by atoms with van der Waals surface area (Å²) in [5.74, 6) is 12.3. The molecule has 0 saturated heterocycles. The minimum absolute atomic E-state index is 0.887. The maximum Gasteiger partial charge on any atom is 0.0492 e. The summed E-state index contributed by atoms with van der Waals surface area (Å²) in [6.45, 7) is 0. The normalized spacial score (nSPS) is 10.0. The van der Waals surface area contributed by atoms with Gasteiger partial charge in [-0.15, -0.1) is 0 Å². The zero-order valence-corrected chi connectivity index (χ0v) is 22.5. The van der Waals surface area contributed by atoms with E-state index >= 15 is 0 Å². The van der Waals surface area contributed by atoms with Crippen molar-refractivity contribution in [3.05, 3.63) is 158 Å². The van der Waals surface area contributed by atoms with E-state index in [1.807, 2.05) is 97.1 Å². The van der Waals surface area contributed by atoms with Crippen molar-refractivity contribution in [2.24, 2.45) is 0 Å². The molecule has 0 bridgehead atoms. The predicted octanol–water partition coefficient (Wildman–Crippen LogP) is 7.61. The van der Waals surface area contributed by atoms with Gasteiger partial charge in [-0.25, -0.2) is 0 Å². The summed E-state index contributed by atoms with van der Waals surface area (Å²) in [6, 6.07) is 32.0. The summed E-state index contributed by atoms with van der Waals surface area (Å²) in [4.78, 5) is 20.9. The van der Waals surface area contributed by atoms with Gasteiger partial charge in [-0.05, 0) is 109 Å². The summed E-state index contributed by atoms with van der Waals surface area (Å²) in [5.41, 5.74) is 7.84. The Morgan fingerprint density at radius 3 is 0.810 bits per heavy atom. The van der Waals surface area contributed by atoms with E-state index in [2.05, 4.69) is 53.4 Å². The van der Waals surface area contributed by atoms with Crippen molar-refractivity contribution >= 4 is 34.1 Å². The monoisotopic (exact) mass is 540 g/mol. The summed E-state index contributed by atoms with van der Waals surface area (Å²) >= 11 is 0. The van der Waals surface area contributed by atoms with E-state index in [-0.39, 0.29) is 0 Å². The molecular formula is C36H24N6. The fraction of sp³-hybridized carbons (Fsp3) is 0. The molecule has 6 heteroatoms. The second kappa shape index (κ2) is 12.7. The van der Waals surface area contributed by atoms with Crippen molar-refractivity contribution in [2.75, 3.05) is 9.80 Å². The third-order valence-corrected chi connectivity index (χ3v) is 6.41. The average Bonchev–Trinajstić information content (AvgIpc) is 3.07. The van der Waals surface area contributed by atoms with Crippen molar-refractivity contribution in [1.82, 2.24) is 19.9 Å². The van der Waals surface area contributed by atoms with Crippen LogP contribution in [0.2, 0.25) is 0 Å². The van der Waals surface area contributed by atoms with Crippen LogP contribution < -0.4 is 9.80 Å². The summed E-state index contributed by atoms with van der Waals surface area (Å²) < 4.78 is 0. The number of benzene rings is 2. The fourth-order valence-corrected chi connectivity index (χ4v) is 4.46. The molecule has 0 unspecified atom stereocenters. The predicted molar refractivity (Wildman–Crippen MR) is 167 cm³/mol. The van der Waals surface area contributed by atoms with Gasteiger partial charge in [-0.2, -0.15) is 0 Å². The highest BCUT2D eigenvalue weighted by Crippen LogP contribution is 2.34. The van der Waals surface area contributed by atoms with E-state index in [1.54, 1.807) is 49.6 Å². The molecule has 0 aliphatic heterocycles. The number of nitrogens with zero attached hydrogens (tertiary/aromatic N) is 6. The first-order valence-corrected chi connectivity index (χ1v) is 13.3. The molecule has 2 aromatic carbocycles. The third kappa shape index (κ3) is 6.15. The van der Waals surface area contributed by atoms with Gasteiger partial charge in [0.2, 0.25) is 0 Å². The smallest absolute Gasteiger partial charge is 0.0492 e. The van der Waals surface area contributed by atoms with Crippen molar-refractivity contribution in [3.8, 4) is 23.7 Å². The van der Waals surface area contributed by atoms with E-state index in [4.69, 9.17) is 0 Å². The molecule has 4 heterocycles. The number of anilines is 6. The Kier molecular flexibility index (Phi) is 7.89. The van der Waals surface area contributed by atoms with Crippen molar-refractivity contribution in [2.45, 2.75) is 0 Å². The lowest BCUT2D eigenvalue weighted by Crippen LogP contribution is -2.09. The van der Waals surface area contributed by atoms with Crippen LogP contribution in [-0.4, -0.2) is 19.9 Å². The van der Waals surface area contributed by atoms with E-state index in [0.717, 1.165) is 45.3 Å². The maximum absolute atomic E-state index is 4.15. The molecule has 6 rings (SSSR count). The van der Waals surface area contributed by atoms with Crippen molar-refractivity contribution < 1.29 is 0 Å². The van der Waals surface area contributed by atoms with Gasteiger partial charge in [0.15, 0.2) is 0 Å². The van der Waals surface area contributed by atoms with Gasteiger partial charge in [-0.1, -0.05) is 11.8 Å². The van der Waals surface area contributed by atoms with Crippen LogP contribution in [0.25, 0.3) is 0 Å². The fourth-order valence-electron chi connectivity index (χ4n) is 4.46. The molecule has 0 aliphatic rings. The molecule has 0 N–H and O–H groups in total. The molecule has 0 aliphatic carbocycles. The Hall–Kier alpha value is -6.24. The molecule has 4 aromatic heterocycles. The average molecular weight is 541 g/mol. The van der Waals surface area contributed by atoms with Gasteiger partial charge in [0.1, 0.15) is 0 Å². The zero-order valence-electron chi connectivity index (χ0n) is 22.5. The molecule has 6 aromatic rings. The van der Waals surface area contributed by atoms with Crippen LogP contribution in [0.4, 0.5) is 34.1 Å². The third-order valence-electron chi connectivity index (χ3n) is 6.41. The number of aromatic nitrogens is 4. The summed E-state index contributed by atoms with van der Waals surface area (Å²) in [5, 5.41) is 0. The van der Waals surface area contributed by atoms with Crippen LogP contribution in [0.1, 0.15) is 11.1 Å². The van der Waals surface area contributed by atoms with Crippen LogP contribution in [0.15, 0.2) is 147 Å². The number of rotatable bonds is 6. The number of pyridine rings is 4. The Bertz CT molecular complexity index is 1630. The van der Waals surface area contributed by atoms with Crippen LogP contribution in [0.5, 0.6) is 0 Å². The minimum Gasteiger partial charge on any atom is -0.310 e. The van der Waals surface area contributed by atoms with Crippen LogP contribution in [0.3, 0.4) is 0 Å². The van der Waals surface area contributed by atoms with Gasteiger partial charge < -0.3 is 9.80 Å². The van der Waals surface area contributed by atoms with E-state index in [1.165, 1.54) is 0 Å². The van der Waals surface area contributed by atoms with Gasteiger partial charge in [0.05, 0.1) is 0 Å². The second-order valence-electron chi connectivity index (χ2n) is 9.09. The molecule has 0 atom stereocenters. The Labute approximate surface area is 245 Å². The molecule has 198 valence electrons. The first kappa shape index (κ1) is 26.0. The number of hydrogen-bond donors (Lipinski definition) is 0. The molecule has 0 amide bonds. The van der Waals surface area contributed by atoms with Gasteiger partial charge in [-0.3, -0.25) is 19.9 Å². The highest BCUT2D eigenvalue weighted by molar-refractivity contribution is 5.77. The topological polar surface area (TPSA) is 58.0 Å². The van der Waals surface area contributed by atoms with Gasteiger partial charge >= 0.3 is 0 Å². The van der Waals surface area contributed by atoms with Gasteiger partial charge in [0, 0.05) is 94.8 Å². The summed E-state index contributed by atoms with van der Waals surface area (Å²) in [7, 11) is 0. The molecule has 6 nitrogen and oxygen atoms in total. The standard InChI is InChI=1S/C36H24N6/c1(3-29-5-9-31(10-6-29)41(33-13-21-37-22-14-33)34-15-23-38-24-16-34)2-4-30-7-11-32(12-8-30)42(35-17-25-39-26-18-35)36-19-27-40-28-20-36/h5-28H. The Morgan fingerprint density at radius 2 is 0.548 bits per heavy atom. The SMILES string of the molecule is C(C#Cc1ccc(N(c2ccncc2)c2ccncc2)cc1)#Cc1ccc(N(c2ccncc2)c2ccncc2)cc1. The second-order valence-corrected chi connectivity index (χ2v) is 9.09. The van der Waals surface area contributed by atoms with Crippen LogP contribution in [0, 0.1) is 23.7 Å². The van der Waals surface area contributed by atoms with E-state index < -0.39 is 0 Å². The highest BCUT2D eigenvalue weighted by Gasteiger charge is 2.13. The molecular weight excluding hydrogens is 516 g/mol. The summed E-state index contributed by atoms with van der Waals surface area (Å²) in [6.07, 6.45) is 14.3. The van der Waals surface area contributed by atoms with Crippen molar-refractivity contribution in [3.63, 3.8) is 0 Å². The molecule has 0 fully saturated rings. The molecule has 0 radical (unpaired) electrons. The molecule has 0 saturated carbocycles. The Balaban J connectivity index is 1.18. The lowest BCUT2D eigenvalue weighted by atomic mass is 10.1. The highest BCUT2D eigenvalue weighted by atomic mass is 15.1. The Morgan fingerprint density at radius 1 is 0.310 bits per heavy atom. The minimum atomic E-state index is 0.887.